The van der Waals surface area contributed by atoms with E-state index in [-0.39, 0.29) is 17.4 Å². The molecule has 0 spiro atoms. The molecule has 0 radical (unpaired) electrons. The zero-order chi connectivity index (χ0) is 21.5. The molecule has 6 nitrogen and oxygen atoms in total. The van der Waals surface area contributed by atoms with Gasteiger partial charge in [-0.3, -0.25) is 4.79 Å². The summed E-state index contributed by atoms with van der Waals surface area (Å²) in [5.74, 6) is 3.22. The lowest BCUT2D eigenvalue weighted by molar-refractivity contribution is 0.0917. The molecule has 1 amide bonds. The Morgan fingerprint density at radius 2 is 1.97 bits per heavy atom. The van der Waals surface area contributed by atoms with E-state index in [0.717, 1.165) is 46.9 Å². The number of ether oxygens (including phenoxy) is 1. The highest BCUT2D eigenvalue weighted by atomic mass is 16.5. The second kappa shape index (κ2) is 7.67. The Balaban J connectivity index is 1.43. The summed E-state index contributed by atoms with van der Waals surface area (Å²) < 4.78 is 16.9. The first-order valence-corrected chi connectivity index (χ1v) is 10.3. The van der Waals surface area contributed by atoms with Crippen molar-refractivity contribution in [3.05, 3.63) is 70.0 Å². The van der Waals surface area contributed by atoms with Crippen LogP contribution in [0.1, 0.15) is 70.8 Å². The summed E-state index contributed by atoms with van der Waals surface area (Å²) in [5, 5.41) is 7.12. The number of amides is 1. The number of hydrogen-bond acceptors (Lipinski definition) is 5. The van der Waals surface area contributed by atoms with Gasteiger partial charge in [-0.15, -0.1) is 0 Å². The number of carbonyl (C=O) groups is 1. The Bertz CT molecular complexity index is 1040. The zero-order valence-corrected chi connectivity index (χ0v) is 18.2. The van der Waals surface area contributed by atoms with Crippen LogP contribution in [0.4, 0.5) is 0 Å². The van der Waals surface area contributed by atoms with Gasteiger partial charge in [-0.05, 0) is 62.9 Å². The van der Waals surface area contributed by atoms with E-state index in [2.05, 4.69) is 24.3 Å². The summed E-state index contributed by atoms with van der Waals surface area (Å²) in [5.41, 5.74) is 3.55. The van der Waals surface area contributed by atoms with Crippen molar-refractivity contribution >= 4 is 5.91 Å². The average Bonchev–Trinajstić information content (AvgIpc) is 3.20. The fourth-order valence-corrected chi connectivity index (χ4v) is 4.12. The van der Waals surface area contributed by atoms with Gasteiger partial charge >= 0.3 is 0 Å². The molecule has 3 aromatic rings. The largest absolute Gasteiger partial charge is 0.489 e. The monoisotopic (exact) mass is 408 g/mol. The summed E-state index contributed by atoms with van der Waals surface area (Å²) in [4.78, 5) is 12.9. The minimum absolute atomic E-state index is 0.0517. The van der Waals surface area contributed by atoms with Crippen LogP contribution in [0.3, 0.4) is 0 Å². The summed E-state index contributed by atoms with van der Waals surface area (Å²) in [7, 11) is 0. The van der Waals surface area contributed by atoms with E-state index in [9.17, 15) is 4.79 Å². The molecular formula is C24H28N2O4. The third-order valence-electron chi connectivity index (χ3n) is 5.72. The molecule has 1 aliphatic rings. The summed E-state index contributed by atoms with van der Waals surface area (Å²) in [6.07, 6.45) is 1.77. The molecule has 2 heterocycles. The molecular weight excluding hydrogens is 380 g/mol. The first-order chi connectivity index (χ1) is 14.2. The van der Waals surface area contributed by atoms with Gasteiger partial charge in [-0.2, -0.15) is 0 Å². The van der Waals surface area contributed by atoms with E-state index < -0.39 is 0 Å². The van der Waals surface area contributed by atoms with Crippen LogP contribution in [0, 0.1) is 26.2 Å². The third-order valence-corrected chi connectivity index (χ3v) is 5.72. The topological polar surface area (TPSA) is 77.5 Å². The quantitative estimate of drug-likeness (QED) is 0.627. The second-order valence-corrected chi connectivity index (χ2v) is 8.92. The van der Waals surface area contributed by atoms with E-state index in [1.807, 2.05) is 39.0 Å². The number of carbonyl (C=O) groups excluding carboxylic acids is 1. The molecule has 0 aliphatic heterocycles. The van der Waals surface area contributed by atoms with Crippen molar-refractivity contribution in [3.63, 3.8) is 0 Å². The number of rotatable bonds is 5. The fraction of sp³-hybridized carbons (Fsp3) is 0.417. The van der Waals surface area contributed by atoms with Crippen molar-refractivity contribution < 1.29 is 18.5 Å². The molecule has 0 unspecified atom stereocenters. The fourth-order valence-electron chi connectivity index (χ4n) is 4.12. The number of aryl methyl sites for hydroxylation is 3. The van der Waals surface area contributed by atoms with Crippen LogP contribution >= 0.6 is 0 Å². The standard InChI is InChI=1S/C24H28N2O4/c1-14-10-19-21(11-24(4,5)12-22(19)29-14)25-23(27)17-6-8-18(9-7-17)28-13-20-15(2)26-30-16(20)3/h6-10,21H,11-13H2,1-5H3,(H,25,27)/t21-/m0/s1. The zero-order valence-electron chi connectivity index (χ0n) is 18.2. The van der Waals surface area contributed by atoms with Crippen molar-refractivity contribution in [2.45, 2.75) is 60.1 Å². The van der Waals surface area contributed by atoms with Crippen LogP contribution in [-0.2, 0) is 13.0 Å². The molecule has 6 heteroatoms. The van der Waals surface area contributed by atoms with Crippen LogP contribution in [0.5, 0.6) is 5.75 Å². The van der Waals surface area contributed by atoms with E-state index in [0.29, 0.717) is 17.9 Å². The van der Waals surface area contributed by atoms with Gasteiger partial charge in [0.25, 0.3) is 5.91 Å². The van der Waals surface area contributed by atoms with Crippen LogP contribution in [0.2, 0.25) is 0 Å². The van der Waals surface area contributed by atoms with Crippen LogP contribution in [0.25, 0.3) is 0 Å². The molecule has 1 N–H and O–H groups in total. The highest BCUT2D eigenvalue weighted by molar-refractivity contribution is 5.94. The highest BCUT2D eigenvalue weighted by Crippen LogP contribution is 2.42. The number of benzene rings is 1. The Hall–Kier alpha value is -3.02. The maximum absolute atomic E-state index is 12.9. The van der Waals surface area contributed by atoms with Crippen LogP contribution in [0.15, 0.2) is 39.3 Å². The molecule has 0 saturated heterocycles. The molecule has 0 bridgehead atoms. The smallest absolute Gasteiger partial charge is 0.251 e. The maximum atomic E-state index is 12.9. The molecule has 4 rings (SSSR count). The lowest BCUT2D eigenvalue weighted by Crippen LogP contribution is -2.36. The Morgan fingerprint density at radius 1 is 1.23 bits per heavy atom. The molecule has 158 valence electrons. The van der Waals surface area contributed by atoms with Gasteiger partial charge in [-0.1, -0.05) is 19.0 Å². The molecule has 2 aromatic heterocycles. The minimum Gasteiger partial charge on any atom is -0.489 e. The highest BCUT2D eigenvalue weighted by Gasteiger charge is 2.35. The first-order valence-electron chi connectivity index (χ1n) is 10.3. The molecule has 1 aliphatic carbocycles. The van der Waals surface area contributed by atoms with Gasteiger partial charge in [-0.25, -0.2) is 0 Å². The molecule has 1 aromatic carbocycles. The Morgan fingerprint density at radius 3 is 2.63 bits per heavy atom. The molecule has 0 fully saturated rings. The number of nitrogens with zero attached hydrogens (tertiary/aromatic N) is 1. The van der Waals surface area contributed by atoms with Gasteiger partial charge in [0.2, 0.25) is 0 Å². The predicted molar refractivity (Wildman–Crippen MR) is 113 cm³/mol. The van der Waals surface area contributed by atoms with Crippen molar-refractivity contribution in [1.29, 1.82) is 0 Å². The summed E-state index contributed by atoms with van der Waals surface area (Å²) in [6, 6.07) is 9.18. The lowest BCUT2D eigenvalue weighted by Gasteiger charge is -2.34. The van der Waals surface area contributed by atoms with Gasteiger partial charge in [0.15, 0.2) is 0 Å². The van der Waals surface area contributed by atoms with E-state index in [1.54, 1.807) is 12.1 Å². The number of fused-ring (bicyclic) bond motifs is 1. The molecule has 0 saturated carbocycles. The maximum Gasteiger partial charge on any atom is 0.251 e. The van der Waals surface area contributed by atoms with Crippen LogP contribution < -0.4 is 10.1 Å². The van der Waals surface area contributed by atoms with Gasteiger partial charge < -0.3 is 19.0 Å². The lowest BCUT2D eigenvalue weighted by atomic mass is 9.74. The molecule has 30 heavy (non-hydrogen) atoms. The second-order valence-electron chi connectivity index (χ2n) is 8.92. The predicted octanol–water partition coefficient (Wildman–Crippen LogP) is 5.22. The Labute approximate surface area is 176 Å². The Kier molecular flexibility index (Phi) is 5.18. The van der Waals surface area contributed by atoms with Crippen molar-refractivity contribution in [1.82, 2.24) is 10.5 Å². The van der Waals surface area contributed by atoms with Gasteiger partial charge in [0.1, 0.15) is 29.6 Å². The van der Waals surface area contributed by atoms with Crippen LogP contribution in [-0.4, -0.2) is 11.1 Å². The number of hydrogen-bond donors (Lipinski definition) is 1. The van der Waals surface area contributed by atoms with E-state index in [4.69, 9.17) is 13.7 Å². The average molecular weight is 408 g/mol. The van der Waals surface area contributed by atoms with E-state index in [1.165, 1.54) is 0 Å². The summed E-state index contributed by atoms with van der Waals surface area (Å²) >= 11 is 0. The SMILES string of the molecule is Cc1cc2c(o1)CC(C)(C)C[C@@H]2NC(=O)c1ccc(OCc2c(C)noc2C)cc1. The van der Waals surface area contributed by atoms with Crippen molar-refractivity contribution in [3.8, 4) is 5.75 Å². The van der Waals surface area contributed by atoms with Gasteiger partial charge in [0, 0.05) is 17.5 Å². The normalized spacial score (nSPS) is 17.4. The van der Waals surface area contributed by atoms with Crippen molar-refractivity contribution in [2.24, 2.45) is 5.41 Å². The van der Waals surface area contributed by atoms with Gasteiger partial charge in [0.05, 0.1) is 17.3 Å². The number of aromatic nitrogens is 1. The summed E-state index contributed by atoms with van der Waals surface area (Å²) in [6.45, 7) is 10.5. The van der Waals surface area contributed by atoms with Crippen molar-refractivity contribution in [2.75, 3.05) is 0 Å². The minimum atomic E-state index is -0.0974. The number of nitrogens with one attached hydrogen (secondary N) is 1. The first kappa shape index (κ1) is 20.3. The van der Waals surface area contributed by atoms with E-state index >= 15 is 0 Å². The molecule has 1 atom stereocenters. The third kappa shape index (κ3) is 4.13. The number of furan rings is 1.